The SMILES string of the molecule is CC1(C)C2CC[C@@]3(C)c4ccccc4CCC3[C@@]2(C)CC[C@@H]1O. The molecule has 126 valence electrons. The molecule has 0 spiro atoms. The summed E-state index contributed by atoms with van der Waals surface area (Å²) in [6.07, 6.45) is 7.17. The van der Waals surface area contributed by atoms with Crippen molar-refractivity contribution in [2.45, 2.75) is 77.7 Å². The Morgan fingerprint density at radius 1 is 0.913 bits per heavy atom. The molecule has 4 rings (SSSR count). The van der Waals surface area contributed by atoms with Gasteiger partial charge in [-0.2, -0.15) is 0 Å². The lowest BCUT2D eigenvalue weighted by molar-refractivity contribution is -0.158. The average molecular weight is 312 g/mol. The zero-order chi connectivity index (χ0) is 16.5. The highest BCUT2D eigenvalue weighted by Crippen LogP contribution is 2.66. The number of benzene rings is 1. The molecule has 0 radical (unpaired) electrons. The minimum absolute atomic E-state index is 0.0608. The van der Waals surface area contributed by atoms with Crippen LogP contribution in [0.3, 0.4) is 0 Å². The molecule has 23 heavy (non-hydrogen) atoms. The van der Waals surface area contributed by atoms with E-state index in [4.69, 9.17) is 0 Å². The van der Waals surface area contributed by atoms with E-state index in [9.17, 15) is 5.11 Å². The highest BCUT2D eigenvalue weighted by Gasteiger charge is 2.61. The molecule has 0 aliphatic heterocycles. The smallest absolute Gasteiger partial charge is 0.0594 e. The second-order valence-corrected chi connectivity index (χ2v) is 9.64. The molecule has 1 N–H and O–H groups in total. The molecule has 1 aromatic rings. The number of aryl methyl sites for hydroxylation is 1. The largest absolute Gasteiger partial charge is 0.393 e. The Hall–Kier alpha value is -0.820. The Morgan fingerprint density at radius 3 is 2.43 bits per heavy atom. The van der Waals surface area contributed by atoms with Gasteiger partial charge in [0.05, 0.1) is 6.10 Å². The molecular weight excluding hydrogens is 280 g/mol. The predicted molar refractivity (Wildman–Crippen MR) is 95.5 cm³/mol. The van der Waals surface area contributed by atoms with Crippen molar-refractivity contribution in [2.24, 2.45) is 22.7 Å². The van der Waals surface area contributed by atoms with E-state index in [0.29, 0.717) is 16.7 Å². The van der Waals surface area contributed by atoms with Gasteiger partial charge in [-0.3, -0.25) is 0 Å². The van der Waals surface area contributed by atoms with Crippen molar-refractivity contribution >= 4 is 0 Å². The summed E-state index contributed by atoms with van der Waals surface area (Å²) in [7, 11) is 0. The van der Waals surface area contributed by atoms with Crippen LogP contribution in [0.5, 0.6) is 0 Å². The fourth-order valence-corrected chi connectivity index (χ4v) is 7.11. The summed E-state index contributed by atoms with van der Waals surface area (Å²) < 4.78 is 0. The van der Waals surface area contributed by atoms with Crippen LogP contribution in [-0.2, 0) is 11.8 Å². The third-order valence-corrected chi connectivity index (χ3v) is 8.36. The van der Waals surface area contributed by atoms with Gasteiger partial charge >= 0.3 is 0 Å². The lowest BCUT2D eigenvalue weighted by Crippen LogP contribution is -2.60. The van der Waals surface area contributed by atoms with E-state index in [1.807, 2.05) is 0 Å². The van der Waals surface area contributed by atoms with Crippen molar-refractivity contribution < 1.29 is 5.11 Å². The summed E-state index contributed by atoms with van der Waals surface area (Å²) in [5, 5.41) is 10.6. The maximum Gasteiger partial charge on any atom is 0.0594 e. The van der Waals surface area contributed by atoms with Crippen LogP contribution in [0, 0.1) is 22.7 Å². The van der Waals surface area contributed by atoms with Crippen LogP contribution in [0.1, 0.15) is 70.9 Å². The van der Waals surface area contributed by atoms with E-state index in [1.165, 1.54) is 32.1 Å². The molecule has 5 atom stereocenters. The quantitative estimate of drug-likeness (QED) is 0.706. The van der Waals surface area contributed by atoms with Crippen LogP contribution < -0.4 is 0 Å². The van der Waals surface area contributed by atoms with Crippen molar-refractivity contribution in [1.29, 1.82) is 0 Å². The monoisotopic (exact) mass is 312 g/mol. The fourth-order valence-electron chi connectivity index (χ4n) is 7.11. The van der Waals surface area contributed by atoms with Crippen molar-refractivity contribution in [3.63, 3.8) is 0 Å². The summed E-state index contributed by atoms with van der Waals surface area (Å²) in [6.45, 7) is 9.73. The molecule has 0 bridgehead atoms. The van der Waals surface area contributed by atoms with Gasteiger partial charge in [0.1, 0.15) is 0 Å². The van der Waals surface area contributed by atoms with Gasteiger partial charge in [-0.25, -0.2) is 0 Å². The number of aliphatic hydroxyl groups is 1. The molecule has 1 aromatic carbocycles. The first kappa shape index (κ1) is 15.7. The average Bonchev–Trinajstić information content (AvgIpc) is 2.51. The summed E-state index contributed by atoms with van der Waals surface area (Å²) in [5.74, 6) is 1.41. The fraction of sp³-hybridized carbons (Fsp3) is 0.727. The number of fused-ring (bicyclic) bond motifs is 5. The van der Waals surface area contributed by atoms with E-state index < -0.39 is 0 Å². The van der Waals surface area contributed by atoms with Crippen LogP contribution in [0.4, 0.5) is 0 Å². The summed E-state index contributed by atoms with van der Waals surface area (Å²) in [4.78, 5) is 0. The van der Waals surface area contributed by atoms with Gasteiger partial charge in [0.25, 0.3) is 0 Å². The first-order valence-electron chi connectivity index (χ1n) is 9.56. The van der Waals surface area contributed by atoms with Crippen molar-refractivity contribution in [3.8, 4) is 0 Å². The highest BCUT2D eigenvalue weighted by molar-refractivity contribution is 5.39. The van der Waals surface area contributed by atoms with Gasteiger partial charge in [-0.15, -0.1) is 0 Å². The molecule has 0 aromatic heterocycles. The predicted octanol–water partition coefficient (Wildman–Crippen LogP) is 5.10. The number of rotatable bonds is 0. The maximum atomic E-state index is 10.6. The summed E-state index contributed by atoms with van der Waals surface area (Å²) in [5.41, 5.74) is 3.98. The summed E-state index contributed by atoms with van der Waals surface area (Å²) >= 11 is 0. The molecule has 0 saturated heterocycles. The standard InChI is InChI=1S/C22H32O/c1-20(2)17-11-13-21(3)16-8-6-5-7-15(16)9-10-18(21)22(17,4)14-12-19(20)23/h5-8,17-19,23H,9-14H2,1-4H3/t17?,18?,19-,21-,22-/m0/s1. The van der Waals surface area contributed by atoms with Gasteiger partial charge in [-0.1, -0.05) is 52.0 Å². The van der Waals surface area contributed by atoms with E-state index in [2.05, 4.69) is 52.0 Å². The van der Waals surface area contributed by atoms with Crippen molar-refractivity contribution in [2.75, 3.05) is 0 Å². The maximum absolute atomic E-state index is 10.6. The van der Waals surface area contributed by atoms with E-state index >= 15 is 0 Å². The molecular formula is C22H32O. The lowest BCUT2D eigenvalue weighted by atomic mass is 9.40. The first-order chi connectivity index (χ1) is 10.8. The van der Waals surface area contributed by atoms with Crippen LogP contribution in [0.25, 0.3) is 0 Å². The Morgan fingerprint density at radius 2 is 1.65 bits per heavy atom. The number of aliphatic hydroxyl groups excluding tert-OH is 1. The van der Waals surface area contributed by atoms with Gasteiger partial charge in [0.2, 0.25) is 0 Å². The molecule has 2 saturated carbocycles. The third-order valence-electron chi connectivity index (χ3n) is 8.36. The zero-order valence-electron chi connectivity index (χ0n) is 15.2. The Bertz CT molecular complexity index is 618. The minimum Gasteiger partial charge on any atom is -0.393 e. The van der Waals surface area contributed by atoms with Crippen LogP contribution in [0.2, 0.25) is 0 Å². The van der Waals surface area contributed by atoms with Gasteiger partial charge in [0.15, 0.2) is 0 Å². The van der Waals surface area contributed by atoms with E-state index in [1.54, 1.807) is 11.1 Å². The second-order valence-electron chi connectivity index (χ2n) is 9.64. The van der Waals surface area contributed by atoms with E-state index in [0.717, 1.165) is 12.3 Å². The molecule has 0 heterocycles. The Kier molecular flexibility index (Phi) is 3.31. The third kappa shape index (κ3) is 1.95. The molecule has 1 heteroatoms. The normalized spacial score (nSPS) is 44.8. The van der Waals surface area contributed by atoms with Crippen LogP contribution in [0.15, 0.2) is 24.3 Å². The van der Waals surface area contributed by atoms with Crippen molar-refractivity contribution in [1.82, 2.24) is 0 Å². The number of hydrogen-bond acceptors (Lipinski definition) is 1. The minimum atomic E-state index is -0.124. The van der Waals surface area contributed by atoms with Crippen LogP contribution in [-0.4, -0.2) is 11.2 Å². The lowest BCUT2D eigenvalue weighted by Gasteiger charge is -2.65. The van der Waals surface area contributed by atoms with E-state index in [-0.39, 0.29) is 11.5 Å². The second kappa shape index (κ2) is 4.85. The highest BCUT2D eigenvalue weighted by atomic mass is 16.3. The Labute approximate surface area is 141 Å². The van der Waals surface area contributed by atoms with Crippen molar-refractivity contribution in [3.05, 3.63) is 35.4 Å². The number of hydrogen-bond donors (Lipinski definition) is 1. The molecule has 0 amide bonds. The van der Waals surface area contributed by atoms with Gasteiger partial charge in [-0.05, 0) is 77.7 Å². The zero-order valence-corrected chi connectivity index (χ0v) is 15.2. The molecule has 3 aliphatic carbocycles. The topological polar surface area (TPSA) is 20.2 Å². The Balaban J connectivity index is 1.80. The van der Waals surface area contributed by atoms with Gasteiger partial charge < -0.3 is 5.11 Å². The first-order valence-corrected chi connectivity index (χ1v) is 9.56. The summed E-state index contributed by atoms with van der Waals surface area (Å²) in [6, 6.07) is 9.18. The molecule has 2 fully saturated rings. The van der Waals surface area contributed by atoms with Crippen LogP contribution >= 0.6 is 0 Å². The molecule has 1 nitrogen and oxygen atoms in total. The molecule has 3 aliphatic rings. The molecule has 2 unspecified atom stereocenters. The van der Waals surface area contributed by atoms with Gasteiger partial charge in [0, 0.05) is 0 Å².